The third-order valence-electron chi connectivity index (χ3n) is 10.2. The Morgan fingerprint density at radius 3 is 2.53 bits per heavy atom. The minimum Gasteiger partial charge on any atom is -0.465 e. The zero-order valence-corrected chi connectivity index (χ0v) is 24.4. The third kappa shape index (κ3) is 4.39. The summed E-state index contributed by atoms with van der Waals surface area (Å²) >= 11 is 0. The first-order valence-corrected chi connectivity index (χ1v) is 15.6. The molecule has 2 aliphatic carbocycles. The van der Waals surface area contributed by atoms with Crippen LogP contribution in [0.1, 0.15) is 77.1 Å². The molecule has 4 aliphatic rings. The number of hydrogen-bond donors (Lipinski definition) is 1. The molecule has 9 heteroatoms. The van der Waals surface area contributed by atoms with E-state index in [2.05, 4.69) is 33.4 Å². The molecule has 4 heterocycles. The predicted molar refractivity (Wildman–Crippen MR) is 161 cm³/mol. The molecule has 1 N–H and O–H groups in total. The number of ketones is 1. The number of Topliss-reactive ketones (excluding diaryl/α,β-unsaturated/α-hetero) is 1. The number of amides is 1. The van der Waals surface area contributed by atoms with Crippen LogP contribution in [0.4, 0.5) is 0 Å². The van der Waals surface area contributed by atoms with E-state index in [1.807, 2.05) is 4.90 Å². The summed E-state index contributed by atoms with van der Waals surface area (Å²) < 4.78 is 9.58. The molecule has 0 spiro atoms. The standard InChI is InChI=1S/C34H36N4O5/c1-43-34(42)23-15-26-29(40)9-12-37-31(26)27(16-23)35-32(37)28-17-21-3-2-4-25(30(21)38(28)18-19-5-6-19)20-7-10-36(11-8-20)33(41)22-13-24(39)14-22/h2-4,15-17,19-20,22,24,39H,5-14,18H2,1H3. The van der Waals surface area contributed by atoms with Crippen LogP contribution in [-0.4, -0.2) is 68.1 Å². The van der Waals surface area contributed by atoms with Gasteiger partial charge in [0.2, 0.25) is 5.91 Å². The van der Waals surface area contributed by atoms with Gasteiger partial charge in [-0.1, -0.05) is 18.2 Å². The van der Waals surface area contributed by atoms with Gasteiger partial charge in [-0.3, -0.25) is 9.59 Å². The van der Waals surface area contributed by atoms with Crippen LogP contribution < -0.4 is 0 Å². The fraction of sp³-hybridized carbons (Fsp3) is 0.471. The van der Waals surface area contributed by atoms with E-state index in [-0.39, 0.29) is 23.7 Å². The van der Waals surface area contributed by atoms with Gasteiger partial charge in [0, 0.05) is 49.5 Å². The monoisotopic (exact) mass is 580 g/mol. The summed E-state index contributed by atoms with van der Waals surface area (Å²) in [5.41, 5.74) is 5.93. The summed E-state index contributed by atoms with van der Waals surface area (Å²) in [4.78, 5) is 45.4. The number of likely N-dealkylation sites (tertiary alicyclic amines) is 1. The highest BCUT2D eigenvalue weighted by molar-refractivity contribution is 6.11. The largest absolute Gasteiger partial charge is 0.465 e. The first-order valence-electron chi connectivity index (χ1n) is 15.6. The van der Waals surface area contributed by atoms with Crippen molar-refractivity contribution in [2.45, 2.75) is 70.1 Å². The fourth-order valence-electron chi connectivity index (χ4n) is 7.55. The van der Waals surface area contributed by atoms with Crippen LogP contribution in [0.15, 0.2) is 36.4 Å². The minimum absolute atomic E-state index is 0.0149. The van der Waals surface area contributed by atoms with E-state index in [0.29, 0.717) is 54.3 Å². The smallest absolute Gasteiger partial charge is 0.337 e. The summed E-state index contributed by atoms with van der Waals surface area (Å²) in [6, 6.07) is 12.2. The SMILES string of the molecule is COC(=O)c1cc2c3c(c1)nc(-c1cc4cccc(C5CCN(C(=O)C6CC(O)C6)CC5)c4n1CC1CC1)n3CCC2=O. The third-order valence-corrected chi connectivity index (χ3v) is 10.2. The Morgan fingerprint density at radius 1 is 1.02 bits per heavy atom. The number of aliphatic hydroxyl groups is 1. The fourth-order valence-corrected chi connectivity index (χ4v) is 7.55. The average Bonchev–Trinajstić information content (AvgIpc) is 3.65. The highest BCUT2D eigenvalue weighted by Gasteiger charge is 2.37. The number of hydrogen-bond acceptors (Lipinski definition) is 6. The molecule has 0 atom stereocenters. The van der Waals surface area contributed by atoms with Gasteiger partial charge in [0.05, 0.1) is 41.0 Å². The van der Waals surface area contributed by atoms with Gasteiger partial charge in [-0.25, -0.2) is 9.78 Å². The first-order chi connectivity index (χ1) is 20.9. The van der Waals surface area contributed by atoms with E-state index in [9.17, 15) is 19.5 Å². The maximum Gasteiger partial charge on any atom is 0.337 e. The number of benzene rings is 2. The number of ether oxygens (including phenoxy) is 1. The number of aryl methyl sites for hydroxylation is 1. The van der Waals surface area contributed by atoms with Crippen molar-refractivity contribution in [1.82, 2.24) is 19.0 Å². The van der Waals surface area contributed by atoms with E-state index in [1.54, 1.807) is 12.1 Å². The van der Waals surface area contributed by atoms with E-state index in [4.69, 9.17) is 9.72 Å². The number of imidazole rings is 1. The number of aliphatic hydroxyl groups excluding tert-OH is 1. The van der Waals surface area contributed by atoms with Crippen LogP contribution in [0.25, 0.3) is 33.5 Å². The van der Waals surface area contributed by atoms with Crippen LogP contribution in [0.5, 0.6) is 0 Å². The molecule has 0 radical (unpaired) electrons. The first kappa shape index (κ1) is 26.6. The Kier molecular flexibility index (Phi) is 6.22. The molecule has 2 aliphatic heterocycles. The molecule has 0 bridgehead atoms. The lowest BCUT2D eigenvalue weighted by Crippen LogP contribution is -2.46. The van der Waals surface area contributed by atoms with E-state index in [0.717, 1.165) is 49.5 Å². The Hall–Kier alpha value is -3.98. The van der Waals surface area contributed by atoms with Crippen molar-refractivity contribution in [1.29, 1.82) is 0 Å². The second kappa shape index (κ2) is 10.0. The molecular weight excluding hydrogens is 544 g/mol. The maximum absolute atomic E-state index is 13.0. The van der Waals surface area contributed by atoms with Crippen LogP contribution in [0, 0.1) is 11.8 Å². The summed E-state index contributed by atoms with van der Waals surface area (Å²) in [5.74, 6) is 1.55. The number of carbonyl (C=O) groups is 3. The molecule has 2 aromatic heterocycles. The van der Waals surface area contributed by atoms with E-state index in [1.165, 1.54) is 36.4 Å². The van der Waals surface area contributed by atoms with Gasteiger partial charge in [-0.15, -0.1) is 0 Å². The number of para-hydroxylation sites is 1. The van der Waals surface area contributed by atoms with Crippen molar-refractivity contribution < 1.29 is 24.2 Å². The predicted octanol–water partition coefficient (Wildman–Crippen LogP) is 4.92. The number of esters is 1. The number of aromatic nitrogens is 3. The summed E-state index contributed by atoms with van der Waals surface area (Å²) in [6.45, 7) is 2.97. The van der Waals surface area contributed by atoms with Gasteiger partial charge in [-0.2, -0.15) is 0 Å². The molecule has 8 rings (SSSR count). The van der Waals surface area contributed by atoms with Gasteiger partial charge in [0.15, 0.2) is 11.6 Å². The topological polar surface area (TPSA) is 107 Å². The highest BCUT2D eigenvalue weighted by atomic mass is 16.5. The molecule has 2 aromatic carbocycles. The zero-order chi connectivity index (χ0) is 29.4. The molecule has 222 valence electrons. The van der Waals surface area contributed by atoms with Crippen molar-refractivity contribution in [2.75, 3.05) is 20.2 Å². The van der Waals surface area contributed by atoms with Gasteiger partial charge >= 0.3 is 5.97 Å². The van der Waals surface area contributed by atoms with Crippen molar-refractivity contribution in [3.8, 4) is 11.5 Å². The molecule has 4 aromatic rings. The molecule has 1 amide bonds. The van der Waals surface area contributed by atoms with E-state index >= 15 is 0 Å². The number of piperidine rings is 1. The Bertz CT molecular complexity index is 1800. The summed E-state index contributed by atoms with van der Waals surface area (Å²) in [7, 11) is 1.35. The Labute approximate surface area is 249 Å². The van der Waals surface area contributed by atoms with Gasteiger partial charge in [-0.05, 0) is 74.1 Å². The zero-order valence-electron chi connectivity index (χ0n) is 24.4. The van der Waals surface area contributed by atoms with Crippen LogP contribution in [0.2, 0.25) is 0 Å². The second-order valence-corrected chi connectivity index (χ2v) is 12.9. The lowest BCUT2D eigenvalue weighted by molar-refractivity contribution is -0.143. The molecule has 1 saturated heterocycles. The number of carbonyl (C=O) groups excluding carboxylic acids is 3. The number of methoxy groups -OCH3 is 1. The summed E-state index contributed by atoms with van der Waals surface area (Å²) in [6.07, 6.45) is 5.52. The van der Waals surface area contributed by atoms with Crippen LogP contribution in [0.3, 0.4) is 0 Å². The minimum atomic E-state index is -0.474. The Balaban J connectivity index is 1.20. The van der Waals surface area contributed by atoms with Gasteiger partial charge < -0.3 is 23.9 Å². The van der Waals surface area contributed by atoms with Crippen LogP contribution >= 0.6 is 0 Å². The molecule has 9 nitrogen and oxygen atoms in total. The van der Waals surface area contributed by atoms with Gasteiger partial charge in [0.25, 0.3) is 0 Å². The molecule has 3 fully saturated rings. The summed E-state index contributed by atoms with van der Waals surface area (Å²) in [5, 5.41) is 10.8. The number of fused-ring (bicyclic) bond motifs is 1. The molecule has 0 unspecified atom stereocenters. The lowest BCUT2D eigenvalue weighted by atomic mass is 9.80. The van der Waals surface area contributed by atoms with E-state index < -0.39 is 5.97 Å². The molecule has 2 saturated carbocycles. The van der Waals surface area contributed by atoms with Crippen molar-refractivity contribution in [3.63, 3.8) is 0 Å². The normalized spacial score (nSPS) is 22.3. The quantitative estimate of drug-likeness (QED) is 0.325. The van der Waals surface area contributed by atoms with Crippen molar-refractivity contribution in [3.05, 3.63) is 53.1 Å². The van der Waals surface area contributed by atoms with Crippen molar-refractivity contribution >= 4 is 39.6 Å². The number of rotatable bonds is 6. The average molecular weight is 581 g/mol. The lowest BCUT2D eigenvalue weighted by Gasteiger charge is -2.38. The Morgan fingerprint density at radius 2 is 1.81 bits per heavy atom. The van der Waals surface area contributed by atoms with Gasteiger partial charge in [0.1, 0.15) is 0 Å². The maximum atomic E-state index is 13.0. The second-order valence-electron chi connectivity index (χ2n) is 12.9. The molecular formula is C34H36N4O5. The number of nitrogens with zero attached hydrogens (tertiary/aromatic N) is 4. The van der Waals surface area contributed by atoms with Crippen LogP contribution in [-0.2, 0) is 22.6 Å². The van der Waals surface area contributed by atoms with Crippen molar-refractivity contribution in [2.24, 2.45) is 11.8 Å². The molecule has 43 heavy (non-hydrogen) atoms. The highest BCUT2D eigenvalue weighted by Crippen LogP contribution is 2.42.